The normalized spacial score (nSPS) is 11.7. The smallest absolute Gasteiger partial charge is 0.247 e. The summed E-state index contributed by atoms with van der Waals surface area (Å²) >= 11 is 1.53. The molecule has 1 rings (SSSR count). The molecule has 0 N–H and O–H groups in total. The van der Waals surface area contributed by atoms with Crippen molar-refractivity contribution in [1.82, 2.24) is 0 Å². The summed E-state index contributed by atoms with van der Waals surface area (Å²) < 4.78 is 0. The van der Waals surface area contributed by atoms with Crippen LogP contribution in [-0.2, 0) is 0 Å². The largest absolute Gasteiger partial charge is 0.259 e. The van der Waals surface area contributed by atoms with E-state index in [0.717, 1.165) is 10.4 Å². The number of rotatable bonds is 3. The SMILES string of the molecule is CCC(=Cc1sccc1C)[N+](=O)[O-]. The predicted octanol–water partition coefficient (Wildman–Crippen LogP) is 3.08. The highest BCUT2D eigenvalue weighted by atomic mass is 32.1. The van der Waals surface area contributed by atoms with Gasteiger partial charge in [0.25, 0.3) is 0 Å². The molecule has 3 nitrogen and oxygen atoms in total. The topological polar surface area (TPSA) is 43.1 Å². The van der Waals surface area contributed by atoms with Gasteiger partial charge in [-0.05, 0) is 23.9 Å². The Bertz CT molecular complexity index is 341. The van der Waals surface area contributed by atoms with Crippen molar-refractivity contribution in [2.75, 3.05) is 0 Å². The van der Waals surface area contributed by atoms with E-state index >= 15 is 0 Å². The van der Waals surface area contributed by atoms with Gasteiger partial charge in [0, 0.05) is 17.4 Å². The Balaban J connectivity index is 2.98. The van der Waals surface area contributed by atoms with Crippen LogP contribution in [0.25, 0.3) is 6.08 Å². The molecule has 0 saturated carbocycles. The fourth-order valence-electron chi connectivity index (χ4n) is 0.968. The van der Waals surface area contributed by atoms with Gasteiger partial charge in [0.1, 0.15) is 0 Å². The van der Waals surface area contributed by atoms with Crippen LogP contribution >= 0.6 is 11.3 Å². The number of hydrogen-bond acceptors (Lipinski definition) is 3. The molecule has 0 aliphatic carbocycles. The van der Waals surface area contributed by atoms with Gasteiger partial charge in [0.15, 0.2) is 0 Å². The standard InChI is InChI=1S/C9H11NO2S/c1-3-8(10(11)12)6-9-7(2)4-5-13-9/h4-6H,3H2,1-2H3. The van der Waals surface area contributed by atoms with Crippen molar-refractivity contribution in [3.63, 3.8) is 0 Å². The van der Waals surface area contributed by atoms with Crippen LogP contribution in [0.15, 0.2) is 17.1 Å². The zero-order chi connectivity index (χ0) is 9.84. The number of aryl methyl sites for hydroxylation is 1. The minimum absolute atomic E-state index is 0.269. The van der Waals surface area contributed by atoms with Gasteiger partial charge in [0.05, 0.1) is 4.92 Å². The molecule has 1 aromatic rings. The van der Waals surface area contributed by atoms with Crippen LogP contribution in [0.2, 0.25) is 0 Å². The maximum Gasteiger partial charge on any atom is 0.247 e. The summed E-state index contributed by atoms with van der Waals surface area (Å²) in [7, 11) is 0. The first-order chi connectivity index (χ1) is 6.15. The first-order valence-corrected chi connectivity index (χ1v) is 4.92. The maximum atomic E-state index is 10.5. The fourth-order valence-corrected chi connectivity index (χ4v) is 1.84. The van der Waals surface area contributed by atoms with E-state index in [0.29, 0.717) is 6.42 Å². The molecule has 0 amide bonds. The highest BCUT2D eigenvalue weighted by Crippen LogP contribution is 2.20. The molecular formula is C9H11NO2S. The van der Waals surface area contributed by atoms with Gasteiger partial charge in [0.2, 0.25) is 5.70 Å². The molecule has 0 bridgehead atoms. The Hall–Kier alpha value is -1.16. The van der Waals surface area contributed by atoms with Gasteiger partial charge in [-0.3, -0.25) is 10.1 Å². The Morgan fingerprint density at radius 2 is 2.46 bits per heavy atom. The van der Waals surface area contributed by atoms with Crippen LogP contribution in [-0.4, -0.2) is 4.92 Å². The number of thiophene rings is 1. The van der Waals surface area contributed by atoms with Gasteiger partial charge in [-0.1, -0.05) is 6.92 Å². The average Bonchev–Trinajstić information content (AvgIpc) is 2.46. The molecule has 0 aliphatic heterocycles. The van der Waals surface area contributed by atoms with Crippen molar-refractivity contribution in [3.05, 3.63) is 37.7 Å². The predicted molar refractivity (Wildman–Crippen MR) is 54.3 cm³/mol. The second-order valence-electron chi connectivity index (χ2n) is 2.71. The molecule has 70 valence electrons. The zero-order valence-corrected chi connectivity index (χ0v) is 8.43. The van der Waals surface area contributed by atoms with Crippen molar-refractivity contribution >= 4 is 17.4 Å². The Morgan fingerprint density at radius 3 is 2.85 bits per heavy atom. The highest BCUT2D eigenvalue weighted by molar-refractivity contribution is 7.11. The molecule has 0 unspecified atom stereocenters. The van der Waals surface area contributed by atoms with E-state index < -0.39 is 0 Å². The summed E-state index contributed by atoms with van der Waals surface area (Å²) in [6.07, 6.45) is 2.12. The van der Waals surface area contributed by atoms with Gasteiger partial charge in [-0.25, -0.2) is 0 Å². The lowest BCUT2D eigenvalue weighted by molar-refractivity contribution is -0.425. The third-order valence-corrected chi connectivity index (χ3v) is 2.76. The number of hydrogen-bond donors (Lipinski definition) is 0. The fraction of sp³-hybridized carbons (Fsp3) is 0.333. The van der Waals surface area contributed by atoms with Gasteiger partial charge < -0.3 is 0 Å². The molecule has 1 heterocycles. The molecule has 0 atom stereocenters. The van der Waals surface area contributed by atoms with Crippen molar-refractivity contribution in [2.24, 2.45) is 0 Å². The third-order valence-electron chi connectivity index (χ3n) is 1.80. The summed E-state index contributed by atoms with van der Waals surface area (Å²) in [4.78, 5) is 11.2. The van der Waals surface area contributed by atoms with Gasteiger partial charge >= 0.3 is 0 Å². The number of nitro groups is 1. The van der Waals surface area contributed by atoms with E-state index in [-0.39, 0.29) is 10.6 Å². The molecule has 0 fully saturated rings. The minimum Gasteiger partial charge on any atom is -0.259 e. The van der Waals surface area contributed by atoms with Crippen molar-refractivity contribution in [3.8, 4) is 0 Å². The first kappa shape index (κ1) is 9.92. The quantitative estimate of drug-likeness (QED) is 0.552. The highest BCUT2D eigenvalue weighted by Gasteiger charge is 2.08. The first-order valence-electron chi connectivity index (χ1n) is 4.04. The average molecular weight is 197 g/mol. The van der Waals surface area contributed by atoms with Crippen LogP contribution in [0.5, 0.6) is 0 Å². The van der Waals surface area contributed by atoms with E-state index in [4.69, 9.17) is 0 Å². The van der Waals surface area contributed by atoms with Crippen LogP contribution in [0.1, 0.15) is 23.8 Å². The van der Waals surface area contributed by atoms with Crippen LogP contribution in [0, 0.1) is 17.0 Å². The summed E-state index contributed by atoms with van der Waals surface area (Å²) in [5.41, 5.74) is 1.36. The van der Waals surface area contributed by atoms with Crippen molar-refractivity contribution in [1.29, 1.82) is 0 Å². The van der Waals surface area contributed by atoms with E-state index in [2.05, 4.69) is 0 Å². The van der Waals surface area contributed by atoms with Crippen LogP contribution in [0.3, 0.4) is 0 Å². The molecule has 13 heavy (non-hydrogen) atoms. The molecule has 4 heteroatoms. The van der Waals surface area contributed by atoms with E-state index in [1.807, 2.05) is 18.4 Å². The molecule has 0 spiro atoms. The lowest BCUT2D eigenvalue weighted by Gasteiger charge is -1.93. The van der Waals surface area contributed by atoms with E-state index in [1.165, 1.54) is 11.3 Å². The monoisotopic (exact) mass is 197 g/mol. The van der Waals surface area contributed by atoms with E-state index in [1.54, 1.807) is 13.0 Å². The molecule has 1 aromatic heterocycles. The summed E-state index contributed by atoms with van der Waals surface area (Å²) in [5.74, 6) is 0. The third kappa shape index (κ3) is 2.39. The van der Waals surface area contributed by atoms with Crippen molar-refractivity contribution in [2.45, 2.75) is 20.3 Å². The summed E-state index contributed by atoms with van der Waals surface area (Å²) in [6.45, 7) is 3.74. The van der Waals surface area contributed by atoms with E-state index in [9.17, 15) is 10.1 Å². The Kier molecular flexibility index (Phi) is 3.19. The minimum atomic E-state index is -0.320. The summed E-state index contributed by atoms with van der Waals surface area (Å²) in [6, 6.07) is 1.96. The van der Waals surface area contributed by atoms with Crippen LogP contribution in [0.4, 0.5) is 0 Å². The zero-order valence-electron chi connectivity index (χ0n) is 7.61. The molecule has 0 aliphatic rings. The van der Waals surface area contributed by atoms with Gasteiger partial charge in [-0.2, -0.15) is 0 Å². The molecule has 0 saturated heterocycles. The second-order valence-corrected chi connectivity index (χ2v) is 3.66. The molecule has 0 radical (unpaired) electrons. The van der Waals surface area contributed by atoms with Crippen LogP contribution < -0.4 is 0 Å². The van der Waals surface area contributed by atoms with Crippen molar-refractivity contribution < 1.29 is 4.92 Å². The Labute approximate surface area is 80.9 Å². The second kappa shape index (κ2) is 4.18. The Morgan fingerprint density at radius 1 is 1.77 bits per heavy atom. The number of nitrogens with zero attached hydrogens (tertiary/aromatic N) is 1. The van der Waals surface area contributed by atoms with Gasteiger partial charge in [-0.15, -0.1) is 11.3 Å². The number of allylic oxidation sites excluding steroid dienone is 1. The maximum absolute atomic E-state index is 10.5. The summed E-state index contributed by atoms with van der Waals surface area (Å²) in [5, 5.41) is 12.4. The lowest BCUT2D eigenvalue weighted by atomic mass is 10.2. The molecular weight excluding hydrogens is 186 g/mol. The lowest BCUT2D eigenvalue weighted by Crippen LogP contribution is -1.96. The molecule has 0 aromatic carbocycles.